The average molecular weight is 487 g/mol. The number of nitriles is 1. The van der Waals surface area contributed by atoms with Crippen molar-refractivity contribution >= 4 is 51.6 Å². The van der Waals surface area contributed by atoms with Gasteiger partial charge in [-0.1, -0.05) is 71.7 Å². The standard InChI is InChI=1S/C28H20Cl2N2O2/c1-18-25(30)7-4-8-26(18)32-28(33)21(16-31)15-24-23-6-3-2-5-20(23)11-14-27(24)34-17-19-9-12-22(29)13-10-19/h2-15H,17H2,1H3,(H,32,33)/b21-15+. The second-order valence-electron chi connectivity index (χ2n) is 7.65. The maximum Gasteiger partial charge on any atom is 0.266 e. The summed E-state index contributed by atoms with van der Waals surface area (Å²) in [6, 6.07) is 26.2. The molecule has 1 N–H and O–H groups in total. The Morgan fingerprint density at radius 2 is 1.76 bits per heavy atom. The maximum absolute atomic E-state index is 13.0. The Morgan fingerprint density at radius 1 is 1.00 bits per heavy atom. The van der Waals surface area contributed by atoms with Crippen molar-refractivity contribution in [1.29, 1.82) is 5.26 Å². The first-order valence-corrected chi connectivity index (χ1v) is 11.3. The van der Waals surface area contributed by atoms with Crippen molar-refractivity contribution in [3.63, 3.8) is 0 Å². The van der Waals surface area contributed by atoms with E-state index < -0.39 is 5.91 Å². The van der Waals surface area contributed by atoms with Crippen molar-refractivity contribution in [2.45, 2.75) is 13.5 Å². The molecule has 4 rings (SSSR count). The highest BCUT2D eigenvalue weighted by Gasteiger charge is 2.15. The van der Waals surface area contributed by atoms with Crippen LogP contribution in [-0.4, -0.2) is 5.91 Å². The van der Waals surface area contributed by atoms with Gasteiger partial charge in [0.05, 0.1) is 0 Å². The molecule has 34 heavy (non-hydrogen) atoms. The topological polar surface area (TPSA) is 62.1 Å². The van der Waals surface area contributed by atoms with Gasteiger partial charge in [-0.2, -0.15) is 5.26 Å². The van der Waals surface area contributed by atoms with E-state index in [1.54, 1.807) is 43.3 Å². The van der Waals surface area contributed by atoms with Gasteiger partial charge in [0.1, 0.15) is 24.0 Å². The largest absolute Gasteiger partial charge is 0.488 e. The molecule has 1 amide bonds. The van der Waals surface area contributed by atoms with Crippen LogP contribution in [0.1, 0.15) is 16.7 Å². The number of carbonyl (C=O) groups excluding carboxylic acids is 1. The number of benzene rings is 4. The Kier molecular flexibility index (Phi) is 7.18. The molecule has 0 bridgehead atoms. The van der Waals surface area contributed by atoms with Gasteiger partial charge in [-0.3, -0.25) is 4.79 Å². The molecule has 4 aromatic carbocycles. The number of nitrogens with one attached hydrogen (secondary N) is 1. The fourth-order valence-corrected chi connectivity index (χ4v) is 3.82. The van der Waals surface area contributed by atoms with E-state index in [1.807, 2.05) is 54.6 Å². The summed E-state index contributed by atoms with van der Waals surface area (Å²) < 4.78 is 6.10. The number of hydrogen-bond acceptors (Lipinski definition) is 3. The van der Waals surface area contributed by atoms with Crippen LogP contribution in [0.4, 0.5) is 5.69 Å². The van der Waals surface area contributed by atoms with Crippen LogP contribution in [-0.2, 0) is 11.4 Å². The molecule has 0 aliphatic heterocycles. The predicted octanol–water partition coefficient (Wildman–Crippen LogP) is 7.58. The lowest BCUT2D eigenvalue weighted by Gasteiger charge is -2.13. The first-order chi connectivity index (χ1) is 16.5. The summed E-state index contributed by atoms with van der Waals surface area (Å²) in [4.78, 5) is 13.0. The Morgan fingerprint density at radius 3 is 2.53 bits per heavy atom. The number of amides is 1. The Labute approximate surface area is 208 Å². The van der Waals surface area contributed by atoms with Gasteiger partial charge in [-0.15, -0.1) is 0 Å². The minimum Gasteiger partial charge on any atom is -0.488 e. The predicted molar refractivity (Wildman–Crippen MR) is 138 cm³/mol. The summed E-state index contributed by atoms with van der Waals surface area (Å²) >= 11 is 12.1. The van der Waals surface area contributed by atoms with Crippen molar-refractivity contribution < 1.29 is 9.53 Å². The number of halogens is 2. The lowest BCUT2D eigenvalue weighted by atomic mass is 10.0. The van der Waals surface area contributed by atoms with E-state index in [2.05, 4.69) is 5.32 Å². The van der Waals surface area contributed by atoms with Crippen LogP contribution in [0.3, 0.4) is 0 Å². The summed E-state index contributed by atoms with van der Waals surface area (Å²) in [5.74, 6) is 0.0394. The molecule has 0 saturated carbocycles. The van der Waals surface area contributed by atoms with Crippen LogP contribution in [0, 0.1) is 18.3 Å². The summed E-state index contributed by atoms with van der Waals surface area (Å²) in [6.45, 7) is 2.12. The highest BCUT2D eigenvalue weighted by molar-refractivity contribution is 6.32. The van der Waals surface area contributed by atoms with E-state index in [-0.39, 0.29) is 5.57 Å². The van der Waals surface area contributed by atoms with Crippen molar-refractivity contribution in [2.24, 2.45) is 0 Å². The van der Waals surface area contributed by atoms with E-state index >= 15 is 0 Å². The zero-order valence-corrected chi connectivity index (χ0v) is 19.8. The van der Waals surface area contributed by atoms with E-state index in [0.29, 0.717) is 33.7 Å². The third-order valence-electron chi connectivity index (χ3n) is 5.41. The molecule has 0 atom stereocenters. The van der Waals surface area contributed by atoms with Crippen molar-refractivity contribution in [2.75, 3.05) is 5.32 Å². The van der Waals surface area contributed by atoms with E-state index in [4.69, 9.17) is 27.9 Å². The van der Waals surface area contributed by atoms with Gasteiger partial charge in [-0.05, 0) is 65.2 Å². The summed E-state index contributed by atoms with van der Waals surface area (Å²) in [5, 5.41) is 15.6. The van der Waals surface area contributed by atoms with Crippen molar-refractivity contribution in [1.82, 2.24) is 0 Å². The second-order valence-corrected chi connectivity index (χ2v) is 8.49. The minimum absolute atomic E-state index is 0.0490. The quantitative estimate of drug-likeness (QED) is 0.225. The van der Waals surface area contributed by atoms with Gasteiger partial charge in [0.15, 0.2) is 0 Å². The molecule has 0 aromatic heterocycles. The number of anilines is 1. The first-order valence-electron chi connectivity index (χ1n) is 10.5. The zero-order chi connectivity index (χ0) is 24.1. The number of ether oxygens (including phenoxy) is 1. The average Bonchev–Trinajstić information content (AvgIpc) is 2.85. The maximum atomic E-state index is 13.0. The molecular weight excluding hydrogens is 467 g/mol. The fraction of sp³-hybridized carbons (Fsp3) is 0.0714. The molecule has 4 aromatic rings. The molecule has 0 saturated heterocycles. The molecule has 0 aliphatic rings. The zero-order valence-electron chi connectivity index (χ0n) is 18.3. The molecule has 168 valence electrons. The van der Waals surface area contributed by atoms with E-state index in [9.17, 15) is 10.1 Å². The van der Waals surface area contributed by atoms with Gasteiger partial charge in [0.25, 0.3) is 5.91 Å². The van der Waals surface area contributed by atoms with Gasteiger partial charge in [0.2, 0.25) is 0 Å². The normalized spacial score (nSPS) is 11.2. The molecule has 4 nitrogen and oxygen atoms in total. The lowest BCUT2D eigenvalue weighted by molar-refractivity contribution is -0.112. The number of nitrogens with zero attached hydrogens (tertiary/aromatic N) is 1. The highest BCUT2D eigenvalue weighted by Crippen LogP contribution is 2.31. The van der Waals surface area contributed by atoms with Gasteiger partial charge >= 0.3 is 0 Å². The Balaban J connectivity index is 1.70. The summed E-state index contributed by atoms with van der Waals surface area (Å²) in [5.41, 5.74) is 2.83. The van der Waals surface area contributed by atoms with Gasteiger partial charge < -0.3 is 10.1 Å². The van der Waals surface area contributed by atoms with Crippen molar-refractivity contribution in [3.05, 3.63) is 111 Å². The molecule has 0 heterocycles. The third-order valence-corrected chi connectivity index (χ3v) is 6.07. The molecular formula is C28H20Cl2N2O2. The first kappa shape index (κ1) is 23.4. The molecule has 0 aliphatic carbocycles. The van der Waals surface area contributed by atoms with Gasteiger partial charge in [-0.25, -0.2) is 0 Å². The van der Waals surface area contributed by atoms with E-state index in [0.717, 1.165) is 21.9 Å². The molecule has 0 fully saturated rings. The van der Waals surface area contributed by atoms with Crippen LogP contribution < -0.4 is 10.1 Å². The number of fused-ring (bicyclic) bond motifs is 1. The lowest BCUT2D eigenvalue weighted by Crippen LogP contribution is -2.14. The van der Waals surface area contributed by atoms with Gasteiger partial charge in [0, 0.05) is 21.3 Å². The fourth-order valence-electron chi connectivity index (χ4n) is 3.52. The number of rotatable bonds is 6. The van der Waals surface area contributed by atoms with Crippen LogP contribution >= 0.6 is 23.2 Å². The molecule has 0 radical (unpaired) electrons. The van der Waals surface area contributed by atoms with Crippen LogP contribution in [0.5, 0.6) is 5.75 Å². The smallest absolute Gasteiger partial charge is 0.266 e. The van der Waals surface area contributed by atoms with Crippen molar-refractivity contribution in [3.8, 4) is 11.8 Å². The molecule has 0 unspecified atom stereocenters. The molecule has 0 spiro atoms. The highest BCUT2D eigenvalue weighted by atomic mass is 35.5. The summed E-state index contributed by atoms with van der Waals surface area (Å²) in [6.07, 6.45) is 1.56. The monoisotopic (exact) mass is 486 g/mol. The molecule has 6 heteroatoms. The Hall–Kier alpha value is -3.78. The second kappa shape index (κ2) is 10.4. The third kappa shape index (κ3) is 5.23. The van der Waals surface area contributed by atoms with Crippen LogP contribution in [0.25, 0.3) is 16.8 Å². The minimum atomic E-state index is -0.524. The number of carbonyl (C=O) groups is 1. The van der Waals surface area contributed by atoms with Crippen LogP contribution in [0.15, 0.2) is 84.4 Å². The summed E-state index contributed by atoms with van der Waals surface area (Å²) in [7, 11) is 0. The van der Waals surface area contributed by atoms with Crippen LogP contribution in [0.2, 0.25) is 10.0 Å². The van der Waals surface area contributed by atoms with E-state index in [1.165, 1.54) is 0 Å². The number of hydrogen-bond donors (Lipinski definition) is 1. The SMILES string of the molecule is Cc1c(Cl)cccc1NC(=O)/C(C#N)=C/c1c(OCc2ccc(Cl)cc2)ccc2ccccc12. The Bertz CT molecular complexity index is 1440.